The maximum absolute atomic E-state index is 12.5. The van der Waals surface area contributed by atoms with Crippen molar-refractivity contribution in [1.82, 2.24) is 20.0 Å². The van der Waals surface area contributed by atoms with E-state index in [1.807, 2.05) is 6.92 Å². The molecular formula is C19H22N4O3S. The van der Waals surface area contributed by atoms with Gasteiger partial charge in [-0.25, -0.2) is 18.4 Å². The Bertz CT molecular complexity index is 1000. The summed E-state index contributed by atoms with van der Waals surface area (Å²) < 4.78 is 27.1. The third-order valence-corrected chi connectivity index (χ3v) is 6.71. The molecule has 2 aromatic rings. The van der Waals surface area contributed by atoms with E-state index in [-0.39, 0.29) is 10.8 Å². The average molecular weight is 386 g/mol. The fraction of sp³-hybridized carbons (Fsp3) is 0.421. The lowest BCUT2D eigenvalue weighted by molar-refractivity contribution is -0.122. The maximum Gasteiger partial charge on any atom is 0.241 e. The molecule has 0 spiro atoms. The zero-order valence-corrected chi connectivity index (χ0v) is 16.0. The highest BCUT2D eigenvalue weighted by atomic mass is 32.2. The molecule has 0 saturated heterocycles. The van der Waals surface area contributed by atoms with Crippen molar-refractivity contribution < 1.29 is 13.2 Å². The first kappa shape index (κ1) is 18.1. The molecule has 0 fully saturated rings. The van der Waals surface area contributed by atoms with Gasteiger partial charge in [0.15, 0.2) is 0 Å². The standard InChI is InChI=1S/C19H22N4O3S/c1-12-14-6-4-7-15(14)22-18(21-12)9-10-20-19(24)16-11-13-5-2-3-8-17(13)27(25,26)23-16/h2-3,5,8,16,23H,4,6-7,9-11H2,1H3,(H,20,24)/t16-/m0/s1. The van der Waals surface area contributed by atoms with Crippen LogP contribution in [0.5, 0.6) is 0 Å². The Hall–Kier alpha value is -2.32. The predicted octanol–water partition coefficient (Wildman–Crippen LogP) is 0.836. The summed E-state index contributed by atoms with van der Waals surface area (Å²) in [5, 5.41) is 2.81. The number of carbonyl (C=O) groups is 1. The van der Waals surface area contributed by atoms with E-state index in [2.05, 4.69) is 20.0 Å². The molecule has 1 aliphatic heterocycles. The molecule has 0 radical (unpaired) electrons. The molecule has 1 aromatic heterocycles. The Balaban J connectivity index is 1.39. The summed E-state index contributed by atoms with van der Waals surface area (Å²) in [5.74, 6) is 0.397. The molecule has 1 atom stereocenters. The zero-order chi connectivity index (χ0) is 19.0. The molecule has 2 heterocycles. The number of rotatable bonds is 4. The molecule has 0 unspecified atom stereocenters. The number of fused-ring (bicyclic) bond motifs is 2. The van der Waals surface area contributed by atoms with Gasteiger partial charge in [0.25, 0.3) is 0 Å². The van der Waals surface area contributed by atoms with Gasteiger partial charge >= 0.3 is 0 Å². The maximum atomic E-state index is 12.5. The lowest BCUT2D eigenvalue weighted by atomic mass is 10.1. The van der Waals surface area contributed by atoms with E-state index in [1.165, 1.54) is 5.56 Å². The van der Waals surface area contributed by atoms with E-state index in [0.717, 1.165) is 36.5 Å². The van der Waals surface area contributed by atoms with Crippen molar-refractivity contribution >= 4 is 15.9 Å². The Morgan fingerprint density at radius 2 is 2.07 bits per heavy atom. The first-order valence-corrected chi connectivity index (χ1v) is 10.7. The number of benzene rings is 1. The van der Waals surface area contributed by atoms with Crippen LogP contribution in [0, 0.1) is 6.92 Å². The second kappa shape index (κ2) is 7.01. The number of aryl methyl sites for hydroxylation is 2. The van der Waals surface area contributed by atoms with Gasteiger partial charge in [0, 0.05) is 24.4 Å². The Morgan fingerprint density at radius 1 is 1.26 bits per heavy atom. The van der Waals surface area contributed by atoms with Gasteiger partial charge in [-0.2, -0.15) is 4.72 Å². The van der Waals surface area contributed by atoms with E-state index >= 15 is 0 Å². The van der Waals surface area contributed by atoms with E-state index in [9.17, 15) is 13.2 Å². The van der Waals surface area contributed by atoms with Crippen molar-refractivity contribution in [2.24, 2.45) is 0 Å². The summed E-state index contributed by atoms with van der Waals surface area (Å²) in [5.41, 5.74) is 4.07. The number of amides is 1. The quantitative estimate of drug-likeness (QED) is 0.811. The summed E-state index contributed by atoms with van der Waals surface area (Å²) in [6.45, 7) is 2.37. The van der Waals surface area contributed by atoms with E-state index in [4.69, 9.17) is 0 Å². The van der Waals surface area contributed by atoms with Gasteiger partial charge in [-0.05, 0) is 49.8 Å². The fourth-order valence-corrected chi connectivity index (χ4v) is 5.25. The minimum Gasteiger partial charge on any atom is -0.354 e. The third-order valence-electron chi connectivity index (χ3n) is 5.13. The molecule has 142 valence electrons. The van der Waals surface area contributed by atoms with Crippen LogP contribution in [0.25, 0.3) is 0 Å². The zero-order valence-electron chi connectivity index (χ0n) is 15.2. The van der Waals surface area contributed by atoms with Crippen molar-refractivity contribution in [2.45, 2.75) is 50.0 Å². The Morgan fingerprint density at radius 3 is 2.93 bits per heavy atom. The van der Waals surface area contributed by atoms with Gasteiger partial charge in [0.1, 0.15) is 11.9 Å². The van der Waals surface area contributed by atoms with Crippen molar-refractivity contribution in [3.05, 3.63) is 52.6 Å². The molecule has 0 bridgehead atoms. The van der Waals surface area contributed by atoms with Crippen LogP contribution in [0.1, 0.15) is 34.8 Å². The van der Waals surface area contributed by atoms with Gasteiger partial charge in [0.05, 0.1) is 4.90 Å². The molecule has 0 saturated carbocycles. The lowest BCUT2D eigenvalue weighted by Gasteiger charge is -2.25. The SMILES string of the molecule is Cc1nc(CCNC(=O)[C@@H]2Cc3ccccc3S(=O)(=O)N2)nc2c1CCC2. The Kier molecular flexibility index (Phi) is 4.69. The topological polar surface area (TPSA) is 101 Å². The largest absolute Gasteiger partial charge is 0.354 e. The van der Waals surface area contributed by atoms with Crippen LogP contribution in [0.3, 0.4) is 0 Å². The third kappa shape index (κ3) is 3.59. The normalized spacial score (nSPS) is 20.0. The number of carbonyl (C=O) groups excluding carboxylic acids is 1. The van der Waals surface area contributed by atoms with Crippen molar-refractivity contribution in [2.75, 3.05) is 6.54 Å². The molecule has 8 heteroatoms. The van der Waals surface area contributed by atoms with E-state index in [0.29, 0.717) is 24.9 Å². The highest BCUT2D eigenvalue weighted by molar-refractivity contribution is 7.89. The molecule has 1 amide bonds. The fourth-order valence-electron chi connectivity index (χ4n) is 3.81. The van der Waals surface area contributed by atoms with Crippen molar-refractivity contribution in [1.29, 1.82) is 0 Å². The molecule has 2 N–H and O–H groups in total. The smallest absolute Gasteiger partial charge is 0.241 e. The molecule has 7 nitrogen and oxygen atoms in total. The highest BCUT2D eigenvalue weighted by Gasteiger charge is 2.33. The van der Waals surface area contributed by atoms with E-state index in [1.54, 1.807) is 24.3 Å². The number of aromatic nitrogens is 2. The summed E-state index contributed by atoms with van der Waals surface area (Å²) in [4.78, 5) is 21.8. The summed E-state index contributed by atoms with van der Waals surface area (Å²) in [6.07, 6.45) is 4.02. The van der Waals surface area contributed by atoms with Gasteiger partial charge in [-0.1, -0.05) is 18.2 Å². The monoisotopic (exact) mass is 386 g/mol. The van der Waals surface area contributed by atoms with Gasteiger partial charge in [-0.15, -0.1) is 0 Å². The minimum absolute atomic E-state index is 0.246. The number of sulfonamides is 1. The Labute approximate surface area is 158 Å². The summed E-state index contributed by atoms with van der Waals surface area (Å²) >= 11 is 0. The highest BCUT2D eigenvalue weighted by Crippen LogP contribution is 2.23. The first-order chi connectivity index (χ1) is 12.9. The predicted molar refractivity (Wildman–Crippen MR) is 99.8 cm³/mol. The van der Waals surface area contributed by atoms with Crippen LogP contribution in [0.4, 0.5) is 0 Å². The molecule has 1 aliphatic carbocycles. The van der Waals surface area contributed by atoms with Crippen LogP contribution in [0.15, 0.2) is 29.2 Å². The molecule has 1 aromatic carbocycles. The van der Waals surface area contributed by atoms with Crippen LogP contribution >= 0.6 is 0 Å². The van der Waals surface area contributed by atoms with Gasteiger partial charge in [0.2, 0.25) is 15.9 Å². The second-order valence-corrected chi connectivity index (χ2v) is 8.71. The van der Waals surface area contributed by atoms with Crippen LogP contribution < -0.4 is 10.0 Å². The average Bonchev–Trinajstić information content (AvgIpc) is 3.10. The number of nitrogens with one attached hydrogen (secondary N) is 2. The van der Waals surface area contributed by atoms with Gasteiger partial charge < -0.3 is 5.32 Å². The van der Waals surface area contributed by atoms with Crippen molar-refractivity contribution in [3.63, 3.8) is 0 Å². The molecular weight excluding hydrogens is 364 g/mol. The van der Waals surface area contributed by atoms with Crippen LogP contribution in [-0.2, 0) is 40.5 Å². The summed E-state index contributed by atoms with van der Waals surface area (Å²) in [6, 6.07) is 5.96. The van der Waals surface area contributed by atoms with E-state index < -0.39 is 16.1 Å². The first-order valence-electron chi connectivity index (χ1n) is 9.17. The molecule has 27 heavy (non-hydrogen) atoms. The number of nitrogens with zero attached hydrogens (tertiary/aromatic N) is 2. The molecule has 2 aliphatic rings. The molecule has 4 rings (SSSR count). The number of hydrogen-bond donors (Lipinski definition) is 2. The second-order valence-electron chi connectivity index (χ2n) is 7.03. The lowest BCUT2D eigenvalue weighted by Crippen LogP contribution is -2.50. The summed E-state index contributed by atoms with van der Waals surface area (Å²) in [7, 11) is -3.66. The van der Waals surface area contributed by atoms with Crippen LogP contribution in [-0.4, -0.2) is 36.9 Å². The van der Waals surface area contributed by atoms with Crippen LogP contribution in [0.2, 0.25) is 0 Å². The van der Waals surface area contributed by atoms with Gasteiger partial charge in [-0.3, -0.25) is 4.79 Å². The number of hydrogen-bond acceptors (Lipinski definition) is 5. The van der Waals surface area contributed by atoms with Crippen molar-refractivity contribution in [3.8, 4) is 0 Å². The minimum atomic E-state index is -3.66.